The summed E-state index contributed by atoms with van der Waals surface area (Å²) in [5, 5.41) is 20.8. The van der Waals surface area contributed by atoms with E-state index >= 15 is 0 Å². The number of carbonyl (C=O) groups is 1. The van der Waals surface area contributed by atoms with E-state index in [0.29, 0.717) is 18.5 Å². The van der Waals surface area contributed by atoms with Crippen LogP contribution in [0, 0.1) is 0 Å². The van der Waals surface area contributed by atoms with E-state index in [0.717, 1.165) is 12.8 Å². The molecule has 6 nitrogen and oxygen atoms in total. The second kappa shape index (κ2) is 5.60. The Morgan fingerprint density at radius 2 is 2.21 bits per heavy atom. The molecule has 1 aromatic carbocycles. The van der Waals surface area contributed by atoms with Gasteiger partial charge in [0.1, 0.15) is 11.6 Å². The third-order valence-corrected chi connectivity index (χ3v) is 3.08. The van der Waals surface area contributed by atoms with E-state index in [2.05, 4.69) is 5.16 Å². The zero-order valence-corrected chi connectivity index (χ0v) is 10.5. The minimum absolute atomic E-state index is 0.0676. The normalized spacial score (nSPS) is 15.3. The number of hydrogen-bond acceptors (Lipinski definition) is 4. The van der Waals surface area contributed by atoms with Crippen LogP contribution in [-0.4, -0.2) is 39.5 Å². The zero-order chi connectivity index (χ0) is 13.8. The lowest BCUT2D eigenvalue weighted by Gasteiger charge is -2.22. The minimum atomic E-state index is -0.135. The first kappa shape index (κ1) is 13.2. The lowest BCUT2D eigenvalue weighted by molar-refractivity contribution is 0.0747. The Bertz CT molecular complexity index is 498. The monoisotopic (exact) mass is 263 g/mol. The van der Waals surface area contributed by atoms with E-state index in [-0.39, 0.29) is 23.5 Å². The lowest BCUT2D eigenvalue weighted by Crippen LogP contribution is -2.35. The molecule has 0 saturated heterocycles. The number of oxime groups is 1. The quantitative estimate of drug-likeness (QED) is 0.321. The number of amidine groups is 1. The van der Waals surface area contributed by atoms with E-state index in [1.54, 1.807) is 17.0 Å². The Morgan fingerprint density at radius 3 is 2.79 bits per heavy atom. The molecule has 0 spiro atoms. The largest absolute Gasteiger partial charge is 0.508 e. The molecule has 1 saturated carbocycles. The fourth-order valence-corrected chi connectivity index (χ4v) is 1.93. The van der Waals surface area contributed by atoms with Crippen LogP contribution in [0.1, 0.15) is 29.6 Å². The predicted octanol–water partition coefficient (Wildman–Crippen LogP) is 1.13. The topological polar surface area (TPSA) is 99.2 Å². The van der Waals surface area contributed by atoms with E-state index in [4.69, 9.17) is 10.9 Å². The summed E-state index contributed by atoms with van der Waals surface area (Å²) in [6, 6.07) is 6.50. The number of benzene rings is 1. The summed E-state index contributed by atoms with van der Waals surface area (Å²) in [5.74, 6) is 0.0385. The standard InChI is InChI=1S/C13H17N3O3/c14-12(15-19)6-7-16(10-4-5-10)13(18)9-2-1-3-11(17)8-9/h1-3,8,10,17,19H,4-7H2,(H2,14,15). The number of aromatic hydroxyl groups is 1. The highest BCUT2D eigenvalue weighted by molar-refractivity contribution is 5.95. The van der Waals surface area contributed by atoms with Crippen LogP contribution in [0.3, 0.4) is 0 Å². The molecule has 0 bridgehead atoms. The SMILES string of the molecule is N/C(CCN(C(=O)c1cccc(O)c1)C1CC1)=N/O. The first-order valence-electron chi connectivity index (χ1n) is 6.18. The highest BCUT2D eigenvalue weighted by Crippen LogP contribution is 2.28. The Hall–Kier alpha value is -2.24. The third-order valence-electron chi connectivity index (χ3n) is 3.08. The number of nitrogens with two attached hydrogens (primary N) is 1. The zero-order valence-electron chi connectivity index (χ0n) is 10.5. The number of hydrogen-bond donors (Lipinski definition) is 3. The fourth-order valence-electron chi connectivity index (χ4n) is 1.93. The molecule has 1 amide bonds. The van der Waals surface area contributed by atoms with Gasteiger partial charge in [0.2, 0.25) is 0 Å². The smallest absolute Gasteiger partial charge is 0.254 e. The van der Waals surface area contributed by atoms with Crippen molar-refractivity contribution in [3.8, 4) is 5.75 Å². The summed E-state index contributed by atoms with van der Waals surface area (Å²) < 4.78 is 0. The Balaban J connectivity index is 2.08. The van der Waals surface area contributed by atoms with E-state index < -0.39 is 0 Å². The van der Waals surface area contributed by atoms with Crippen LogP contribution < -0.4 is 5.73 Å². The van der Waals surface area contributed by atoms with Gasteiger partial charge in [-0.1, -0.05) is 11.2 Å². The van der Waals surface area contributed by atoms with E-state index in [1.807, 2.05) is 0 Å². The number of nitrogens with zero attached hydrogens (tertiary/aromatic N) is 2. The summed E-state index contributed by atoms with van der Waals surface area (Å²) in [5.41, 5.74) is 5.88. The van der Waals surface area contributed by atoms with Crippen LogP contribution in [-0.2, 0) is 0 Å². The molecular formula is C13H17N3O3. The molecule has 0 aliphatic heterocycles. The van der Waals surface area contributed by atoms with Crippen LogP contribution >= 0.6 is 0 Å². The van der Waals surface area contributed by atoms with Gasteiger partial charge in [-0.25, -0.2) is 0 Å². The van der Waals surface area contributed by atoms with E-state index in [9.17, 15) is 9.90 Å². The average Bonchev–Trinajstić information content (AvgIpc) is 3.23. The molecule has 6 heteroatoms. The molecule has 0 aromatic heterocycles. The first-order chi connectivity index (χ1) is 9.11. The molecule has 4 N–H and O–H groups in total. The van der Waals surface area contributed by atoms with Crippen molar-refractivity contribution in [2.24, 2.45) is 10.9 Å². The number of phenols is 1. The molecule has 0 unspecified atom stereocenters. The van der Waals surface area contributed by atoms with Crippen LogP contribution in [0.4, 0.5) is 0 Å². The van der Waals surface area contributed by atoms with Crippen molar-refractivity contribution in [1.82, 2.24) is 4.90 Å². The van der Waals surface area contributed by atoms with Crippen molar-refractivity contribution >= 4 is 11.7 Å². The van der Waals surface area contributed by atoms with Gasteiger partial charge in [0.15, 0.2) is 0 Å². The van der Waals surface area contributed by atoms with Crippen molar-refractivity contribution in [1.29, 1.82) is 0 Å². The average molecular weight is 263 g/mol. The van der Waals surface area contributed by atoms with Gasteiger partial charge in [-0.3, -0.25) is 4.79 Å². The second-order valence-electron chi connectivity index (χ2n) is 4.62. The number of rotatable bonds is 5. The minimum Gasteiger partial charge on any atom is -0.508 e. The van der Waals surface area contributed by atoms with Gasteiger partial charge in [0, 0.05) is 24.6 Å². The molecule has 1 aromatic rings. The Morgan fingerprint density at radius 1 is 1.47 bits per heavy atom. The maximum Gasteiger partial charge on any atom is 0.254 e. The Kier molecular flexibility index (Phi) is 3.89. The van der Waals surface area contributed by atoms with Crippen molar-refractivity contribution in [2.45, 2.75) is 25.3 Å². The highest BCUT2D eigenvalue weighted by atomic mass is 16.4. The molecule has 0 radical (unpaired) electrons. The maximum absolute atomic E-state index is 12.4. The molecule has 1 fully saturated rings. The predicted molar refractivity (Wildman–Crippen MR) is 70.2 cm³/mol. The molecule has 0 heterocycles. The highest BCUT2D eigenvalue weighted by Gasteiger charge is 2.32. The molecule has 102 valence electrons. The van der Waals surface area contributed by atoms with Gasteiger partial charge < -0.3 is 20.9 Å². The number of amides is 1. The fraction of sp³-hybridized carbons (Fsp3) is 0.385. The number of phenolic OH excluding ortho intramolecular Hbond substituents is 1. The van der Waals surface area contributed by atoms with E-state index in [1.165, 1.54) is 12.1 Å². The molecule has 19 heavy (non-hydrogen) atoms. The number of carbonyl (C=O) groups excluding carboxylic acids is 1. The van der Waals surface area contributed by atoms with Crippen molar-refractivity contribution in [3.05, 3.63) is 29.8 Å². The van der Waals surface area contributed by atoms with Crippen LogP contribution in [0.2, 0.25) is 0 Å². The first-order valence-corrected chi connectivity index (χ1v) is 6.18. The molecule has 1 aliphatic rings. The maximum atomic E-state index is 12.4. The summed E-state index contributed by atoms with van der Waals surface area (Å²) in [6.07, 6.45) is 2.28. The van der Waals surface area contributed by atoms with Gasteiger partial charge in [-0.05, 0) is 31.0 Å². The summed E-state index contributed by atoms with van der Waals surface area (Å²) in [6.45, 7) is 0.412. The van der Waals surface area contributed by atoms with Crippen LogP contribution in [0.5, 0.6) is 5.75 Å². The van der Waals surface area contributed by atoms with Crippen LogP contribution in [0.15, 0.2) is 29.4 Å². The van der Waals surface area contributed by atoms with Crippen LogP contribution in [0.25, 0.3) is 0 Å². The molecule has 1 aliphatic carbocycles. The third kappa shape index (κ3) is 3.37. The Labute approximate surface area is 111 Å². The molecular weight excluding hydrogens is 246 g/mol. The summed E-state index contributed by atoms with van der Waals surface area (Å²) in [7, 11) is 0. The van der Waals surface area contributed by atoms with Crippen molar-refractivity contribution in [2.75, 3.05) is 6.54 Å². The van der Waals surface area contributed by atoms with Gasteiger partial charge in [-0.2, -0.15) is 0 Å². The van der Waals surface area contributed by atoms with Gasteiger partial charge in [0.05, 0.1) is 0 Å². The van der Waals surface area contributed by atoms with Gasteiger partial charge in [0.25, 0.3) is 5.91 Å². The lowest BCUT2D eigenvalue weighted by atomic mass is 10.1. The van der Waals surface area contributed by atoms with Crippen molar-refractivity contribution < 1.29 is 15.1 Å². The molecule has 2 rings (SSSR count). The molecule has 0 atom stereocenters. The summed E-state index contributed by atoms with van der Waals surface area (Å²) >= 11 is 0. The second-order valence-corrected chi connectivity index (χ2v) is 4.62. The van der Waals surface area contributed by atoms with Gasteiger partial charge >= 0.3 is 0 Å². The summed E-state index contributed by atoms with van der Waals surface area (Å²) in [4.78, 5) is 14.1. The van der Waals surface area contributed by atoms with Crippen molar-refractivity contribution in [3.63, 3.8) is 0 Å². The van der Waals surface area contributed by atoms with Gasteiger partial charge in [-0.15, -0.1) is 0 Å².